The van der Waals surface area contributed by atoms with Gasteiger partial charge in [-0.25, -0.2) is 0 Å². The second-order valence-corrected chi connectivity index (χ2v) is 5.35. The van der Waals surface area contributed by atoms with Crippen LogP contribution in [0.1, 0.15) is 25.3 Å². The van der Waals surface area contributed by atoms with Gasteiger partial charge in [-0.05, 0) is 18.6 Å². The first-order chi connectivity index (χ1) is 10.8. The average molecular weight is 292 g/mol. The molecule has 3 nitrogen and oxygen atoms in total. The molecule has 1 heterocycles. The Morgan fingerprint density at radius 3 is 2.27 bits per heavy atom. The van der Waals surface area contributed by atoms with E-state index in [1.54, 1.807) is 0 Å². The normalized spacial score (nSPS) is 15.1. The molecule has 0 amide bonds. The summed E-state index contributed by atoms with van der Waals surface area (Å²) >= 11 is 0. The van der Waals surface area contributed by atoms with Crippen molar-refractivity contribution in [1.29, 1.82) is 0 Å². The third kappa shape index (κ3) is 2.89. The molecule has 22 heavy (non-hydrogen) atoms. The number of hydrazine groups is 1. The fraction of sp³-hybridized carbons (Fsp3) is 0.211. The summed E-state index contributed by atoms with van der Waals surface area (Å²) in [6.07, 6.45) is 1.30. The fourth-order valence-corrected chi connectivity index (χ4v) is 2.84. The van der Waals surface area contributed by atoms with E-state index in [4.69, 9.17) is 0 Å². The number of nitrogens with one attached hydrogen (secondary N) is 1. The van der Waals surface area contributed by atoms with E-state index in [0.717, 1.165) is 28.9 Å². The molecular formula is C19H20N2O. The van der Waals surface area contributed by atoms with Gasteiger partial charge in [0.25, 0.3) is 0 Å². The first kappa shape index (κ1) is 14.4. The summed E-state index contributed by atoms with van der Waals surface area (Å²) in [5.41, 5.74) is 7.45. The summed E-state index contributed by atoms with van der Waals surface area (Å²) in [4.78, 5) is 12.3. The highest BCUT2D eigenvalue weighted by Gasteiger charge is 2.26. The van der Waals surface area contributed by atoms with Crippen LogP contribution < -0.4 is 5.43 Å². The molecule has 1 N–H and O–H groups in total. The molecule has 0 radical (unpaired) electrons. The van der Waals surface area contributed by atoms with Crippen LogP contribution in [0, 0.1) is 0 Å². The Morgan fingerprint density at radius 1 is 1.00 bits per heavy atom. The lowest BCUT2D eigenvalue weighted by Crippen LogP contribution is -2.36. The Bertz CT molecular complexity index is 677. The lowest BCUT2D eigenvalue weighted by atomic mass is 9.95. The van der Waals surface area contributed by atoms with E-state index < -0.39 is 0 Å². The monoisotopic (exact) mass is 292 g/mol. The van der Waals surface area contributed by atoms with Crippen molar-refractivity contribution < 1.29 is 4.79 Å². The van der Waals surface area contributed by atoms with E-state index in [1.807, 2.05) is 55.5 Å². The number of Topliss-reactive ketones (excluding diaryl/α,β-unsaturated/α-hetero) is 1. The minimum atomic E-state index is 0.257. The van der Waals surface area contributed by atoms with E-state index in [1.165, 1.54) is 0 Å². The summed E-state index contributed by atoms with van der Waals surface area (Å²) in [6.45, 7) is 2.73. The number of allylic oxidation sites excluding steroid dienone is 1. The average Bonchev–Trinajstić information content (AvgIpc) is 2.58. The van der Waals surface area contributed by atoms with E-state index >= 15 is 0 Å². The maximum Gasteiger partial charge on any atom is 0.162 e. The number of hydrogen-bond donors (Lipinski definition) is 1. The molecule has 3 rings (SSSR count). The number of benzene rings is 2. The number of carbonyl (C=O) groups is 1. The third-order valence-electron chi connectivity index (χ3n) is 3.89. The van der Waals surface area contributed by atoms with Gasteiger partial charge >= 0.3 is 0 Å². The van der Waals surface area contributed by atoms with Gasteiger partial charge < -0.3 is 0 Å². The SMILES string of the molecule is CCC1=C(c2ccccc2)N(Nc2ccccc2)CCC1=O. The van der Waals surface area contributed by atoms with Crippen molar-refractivity contribution in [3.8, 4) is 0 Å². The standard InChI is InChI=1S/C19H20N2O/c1-2-17-18(22)13-14-21(20-16-11-7-4-8-12-16)19(17)15-9-5-3-6-10-15/h3-12,20H,2,13-14H2,1H3. The third-order valence-corrected chi connectivity index (χ3v) is 3.89. The molecule has 2 aromatic carbocycles. The summed E-state index contributed by atoms with van der Waals surface area (Å²) in [5, 5.41) is 2.10. The summed E-state index contributed by atoms with van der Waals surface area (Å²) in [6, 6.07) is 20.2. The van der Waals surface area contributed by atoms with Gasteiger partial charge in [-0.2, -0.15) is 0 Å². The van der Waals surface area contributed by atoms with Crippen LogP contribution in [0.4, 0.5) is 5.69 Å². The van der Waals surface area contributed by atoms with Crippen molar-refractivity contribution in [3.05, 3.63) is 71.8 Å². The zero-order valence-electron chi connectivity index (χ0n) is 12.8. The quantitative estimate of drug-likeness (QED) is 0.920. The number of anilines is 1. The highest BCUT2D eigenvalue weighted by molar-refractivity contribution is 6.03. The zero-order valence-corrected chi connectivity index (χ0v) is 12.8. The largest absolute Gasteiger partial charge is 0.298 e. The first-order valence-corrected chi connectivity index (χ1v) is 7.70. The van der Waals surface area contributed by atoms with Gasteiger partial charge in [0.1, 0.15) is 0 Å². The van der Waals surface area contributed by atoms with Gasteiger partial charge in [0.2, 0.25) is 0 Å². The van der Waals surface area contributed by atoms with Gasteiger partial charge in [0.15, 0.2) is 5.78 Å². The molecular weight excluding hydrogens is 272 g/mol. The van der Waals surface area contributed by atoms with Crippen molar-refractivity contribution in [2.45, 2.75) is 19.8 Å². The van der Waals surface area contributed by atoms with E-state index in [-0.39, 0.29) is 5.78 Å². The molecule has 2 aromatic rings. The molecule has 112 valence electrons. The Kier molecular flexibility index (Phi) is 4.24. The van der Waals surface area contributed by atoms with Gasteiger partial charge in [0.05, 0.1) is 11.4 Å². The number of ketones is 1. The minimum absolute atomic E-state index is 0.257. The van der Waals surface area contributed by atoms with Crippen molar-refractivity contribution in [1.82, 2.24) is 5.01 Å². The van der Waals surface area contributed by atoms with Crippen LogP contribution in [-0.4, -0.2) is 17.3 Å². The van der Waals surface area contributed by atoms with Crippen LogP contribution in [0.2, 0.25) is 0 Å². The number of rotatable bonds is 4. The topological polar surface area (TPSA) is 32.3 Å². The molecule has 1 aliphatic rings. The number of nitrogens with zero attached hydrogens (tertiary/aromatic N) is 1. The number of para-hydroxylation sites is 1. The predicted octanol–water partition coefficient (Wildman–Crippen LogP) is 4.11. The molecule has 1 aliphatic heterocycles. The molecule has 3 heteroatoms. The first-order valence-electron chi connectivity index (χ1n) is 7.70. The molecule has 0 unspecified atom stereocenters. The summed E-state index contributed by atoms with van der Waals surface area (Å²) in [5.74, 6) is 0.257. The van der Waals surface area contributed by atoms with Crippen molar-refractivity contribution in [3.63, 3.8) is 0 Å². The molecule has 0 saturated heterocycles. The van der Waals surface area contributed by atoms with Crippen LogP contribution in [0.3, 0.4) is 0 Å². The zero-order chi connectivity index (χ0) is 15.4. The maximum absolute atomic E-state index is 12.3. The smallest absolute Gasteiger partial charge is 0.162 e. The predicted molar refractivity (Wildman–Crippen MR) is 90.0 cm³/mol. The molecule has 0 fully saturated rings. The molecule has 0 saturated carbocycles. The van der Waals surface area contributed by atoms with E-state index in [9.17, 15) is 4.79 Å². The Hall–Kier alpha value is -2.55. The Labute approximate surface area is 131 Å². The Morgan fingerprint density at radius 2 is 1.64 bits per heavy atom. The maximum atomic E-state index is 12.3. The molecule has 0 spiro atoms. The van der Waals surface area contributed by atoms with Gasteiger partial charge in [-0.1, -0.05) is 55.5 Å². The van der Waals surface area contributed by atoms with Crippen molar-refractivity contribution in [2.75, 3.05) is 12.0 Å². The Balaban J connectivity index is 2.01. The van der Waals surface area contributed by atoms with E-state index in [2.05, 4.69) is 22.6 Å². The fourth-order valence-electron chi connectivity index (χ4n) is 2.84. The van der Waals surface area contributed by atoms with Gasteiger partial charge in [-0.15, -0.1) is 0 Å². The summed E-state index contributed by atoms with van der Waals surface area (Å²) in [7, 11) is 0. The van der Waals surface area contributed by atoms with Crippen LogP contribution in [0.5, 0.6) is 0 Å². The summed E-state index contributed by atoms with van der Waals surface area (Å²) < 4.78 is 0. The lowest BCUT2D eigenvalue weighted by molar-refractivity contribution is -0.116. The van der Waals surface area contributed by atoms with Crippen molar-refractivity contribution >= 4 is 17.2 Å². The minimum Gasteiger partial charge on any atom is -0.298 e. The number of hydrogen-bond acceptors (Lipinski definition) is 3. The molecule has 0 atom stereocenters. The lowest BCUT2D eigenvalue weighted by Gasteiger charge is -2.34. The highest BCUT2D eigenvalue weighted by atomic mass is 16.1. The van der Waals surface area contributed by atoms with Crippen LogP contribution >= 0.6 is 0 Å². The highest BCUT2D eigenvalue weighted by Crippen LogP contribution is 2.30. The van der Waals surface area contributed by atoms with E-state index in [0.29, 0.717) is 13.0 Å². The second-order valence-electron chi connectivity index (χ2n) is 5.35. The van der Waals surface area contributed by atoms with Crippen LogP contribution in [0.15, 0.2) is 66.2 Å². The van der Waals surface area contributed by atoms with Gasteiger partial charge in [-0.3, -0.25) is 15.2 Å². The molecule has 0 aliphatic carbocycles. The second kappa shape index (κ2) is 6.48. The van der Waals surface area contributed by atoms with Crippen molar-refractivity contribution in [2.24, 2.45) is 0 Å². The molecule has 0 aromatic heterocycles. The van der Waals surface area contributed by atoms with Gasteiger partial charge in [0, 0.05) is 24.1 Å². The molecule has 0 bridgehead atoms. The number of carbonyl (C=O) groups excluding carboxylic acids is 1. The van der Waals surface area contributed by atoms with Crippen LogP contribution in [0.25, 0.3) is 5.70 Å². The van der Waals surface area contributed by atoms with Crippen LogP contribution in [-0.2, 0) is 4.79 Å².